The number of ketones is 1. The molecule has 0 radical (unpaired) electrons. The van der Waals surface area contributed by atoms with E-state index in [4.69, 9.17) is 4.74 Å². The van der Waals surface area contributed by atoms with Gasteiger partial charge in [0.25, 0.3) is 0 Å². The van der Waals surface area contributed by atoms with Crippen molar-refractivity contribution in [3.8, 4) is 11.8 Å². The number of aromatic nitrogens is 1. The van der Waals surface area contributed by atoms with Crippen LogP contribution in [0.2, 0.25) is 0 Å². The van der Waals surface area contributed by atoms with E-state index in [1.807, 2.05) is 29.1 Å². The molecule has 0 spiro atoms. The number of nitrogens with zero attached hydrogens (tertiary/aromatic N) is 2. The van der Waals surface area contributed by atoms with Crippen LogP contribution in [-0.2, 0) is 9.53 Å². The Morgan fingerprint density at radius 2 is 1.88 bits per heavy atom. The molecule has 0 aliphatic carbocycles. The molecule has 0 aliphatic heterocycles. The van der Waals surface area contributed by atoms with Gasteiger partial charge < -0.3 is 14.6 Å². The van der Waals surface area contributed by atoms with Gasteiger partial charge >= 0.3 is 0 Å². The summed E-state index contributed by atoms with van der Waals surface area (Å²) in [6, 6.07) is 12.1. The van der Waals surface area contributed by atoms with Crippen LogP contribution < -0.4 is 5.32 Å². The van der Waals surface area contributed by atoms with Crippen molar-refractivity contribution < 1.29 is 14.3 Å². The lowest BCUT2D eigenvalue weighted by atomic mass is 9.97. The van der Waals surface area contributed by atoms with Crippen molar-refractivity contribution in [3.63, 3.8) is 0 Å². The standard InChI is InChI=1S/C18H19N3O3/c1-13(12-24-2)20-18(23)16(11-19)17(22)14-5-7-15(8-6-14)21-9-3-4-10-21/h3-10,13,16H,12H2,1-2H3,(H,20,23)/t13-,16+/m1/s1. The zero-order valence-corrected chi connectivity index (χ0v) is 13.6. The van der Waals surface area contributed by atoms with E-state index in [1.54, 1.807) is 37.3 Å². The summed E-state index contributed by atoms with van der Waals surface area (Å²) in [5.74, 6) is -2.50. The van der Waals surface area contributed by atoms with Crippen LogP contribution in [0.1, 0.15) is 17.3 Å². The summed E-state index contributed by atoms with van der Waals surface area (Å²) in [5, 5.41) is 11.8. The van der Waals surface area contributed by atoms with E-state index in [1.165, 1.54) is 7.11 Å². The number of hydrogen-bond donors (Lipinski definition) is 1. The van der Waals surface area contributed by atoms with Crippen LogP contribution in [0.5, 0.6) is 0 Å². The van der Waals surface area contributed by atoms with Gasteiger partial charge in [-0.2, -0.15) is 5.26 Å². The SMILES string of the molecule is COC[C@@H](C)NC(=O)[C@@H](C#N)C(=O)c1ccc(-n2cccc2)cc1. The highest BCUT2D eigenvalue weighted by Crippen LogP contribution is 2.14. The molecule has 6 heteroatoms. The maximum absolute atomic E-state index is 12.4. The maximum Gasteiger partial charge on any atom is 0.245 e. The summed E-state index contributed by atoms with van der Waals surface area (Å²) in [6.45, 7) is 2.05. The van der Waals surface area contributed by atoms with Crippen LogP contribution in [-0.4, -0.2) is 36.0 Å². The first-order valence-electron chi connectivity index (χ1n) is 7.53. The number of ether oxygens (including phenoxy) is 1. The number of carbonyl (C=O) groups excluding carboxylic acids is 2. The average Bonchev–Trinajstić information content (AvgIpc) is 3.10. The van der Waals surface area contributed by atoms with Crippen LogP contribution in [0.25, 0.3) is 5.69 Å². The third-order valence-corrected chi connectivity index (χ3v) is 3.51. The monoisotopic (exact) mass is 325 g/mol. The van der Waals surface area contributed by atoms with Gasteiger partial charge in [0, 0.05) is 36.8 Å². The number of nitrogens with one attached hydrogen (secondary N) is 1. The predicted molar refractivity (Wildman–Crippen MR) is 88.7 cm³/mol. The van der Waals surface area contributed by atoms with Gasteiger partial charge in [0.2, 0.25) is 5.91 Å². The quantitative estimate of drug-likeness (QED) is 0.623. The number of hydrogen-bond acceptors (Lipinski definition) is 4. The molecule has 0 fully saturated rings. The number of Topliss-reactive ketones (excluding diaryl/α,β-unsaturated/α-hetero) is 1. The first-order valence-corrected chi connectivity index (χ1v) is 7.53. The molecule has 1 amide bonds. The van der Waals surface area contributed by atoms with Gasteiger partial charge in [0.1, 0.15) is 0 Å². The highest BCUT2D eigenvalue weighted by Gasteiger charge is 2.28. The molecular formula is C18H19N3O3. The third-order valence-electron chi connectivity index (χ3n) is 3.51. The second-order valence-electron chi connectivity index (χ2n) is 5.43. The van der Waals surface area contributed by atoms with E-state index < -0.39 is 17.6 Å². The van der Waals surface area contributed by atoms with Crippen molar-refractivity contribution in [2.75, 3.05) is 13.7 Å². The lowest BCUT2D eigenvalue weighted by Gasteiger charge is -2.15. The van der Waals surface area contributed by atoms with Crippen molar-refractivity contribution in [1.29, 1.82) is 5.26 Å². The molecule has 1 heterocycles. The topological polar surface area (TPSA) is 84.1 Å². The highest BCUT2D eigenvalue weighted by atomic mass is 16.5. The summed E-state index contributed by atoms with van der Waals surface area (Å²) in [4.78, 5) is 24.5. The van der Waals surface area contributed by atoms with E-state index in [2.05, 4.69) is 5.32 Å². The summed E-state index contributed by atoms with van der Waals surface area (Å²) in [7, 11) is 1.52. The zero-order valence-electron chi connectivity index (χ0n) is 13.6. The molecule has 1 N–H and O–H groups in total. The van der Waals surface area contributed by atoms with Gasteiger partial charge in [-0.1, -0.05) is 0 Å². The number of rotatable bonds is 7. The molecule has 0 unspecified atom stereocenters. The van der Waals surface area contributed by atoms with Crippen LogP contribution >= 0.6 is 0 Å². The van der Waals surface area contributed by atoms with Crippen molar-refractivity contribution >= 4 is 11.7 Å². The van der Waals surface area contributed by atoms with Gasteiger partial charge in [0.15, 0.2) is 11.7 Å². The van der Waals surface area contributed by atoms with Crippen LogP contribution in [0.3, 0.4) is 0 Å². The average molecular weight is 325 g/mol. The third kappa shape index (κ3) is 4.09. The maximum atomic E-state index is 12.4. The molecule has 0 bridgehead atoms. The molecule has 1 aromatic heterocycles. The summed E-state index contributed by atoms with van der Waals surface area (Å²) >= 11 is 0. The van der Waals surface area contributed by atoms with E-state index in [9.17, 15) is 14.9 Å². The predicted octanol–water partition coefficient (Wildman–Crippen LogP) is 1.95. The molecule has 2 rings (SSSR count). The van der Waals surface area contributed by atoms with E-state index in [-0.39, 0.29) is 6.04 Å². The number of benzene rings is 1. The molecule has 0 saturated heterocycles. The first-order chi connectivity index (χ1) is 11.6. The second-order valence-corrected chi connectivity index (χ2v) is 5.43. The van der Waals surface area contributed by atoms with E-state index in [0.29, 0.717) is 12.2 Å². The van der Waals surface area contributed by atoms with E-state index in [0.717, 1.165) is 5.69 Å². The van der Waals surface area contributed by atoms with Crippen molar-refractivity contribution in [3.05, 3.63) is 54.4 Å². The fourth-order valence-electron chi connectivity index (χ4n) is 2.33. The molecule has 1 aromatic carbocycles. The Morgan fingerprint density at radius 3 is 2.42 bits per heavy atom. The van der Waals surface area contributed by atoms with Gasteiger partial charge in [0.05, 0.1) is 12.7 Å². The minimum absolute atomic E-state index is 0.276. The largest absolute Gasteiger partial charge is 0.383 e. The molecular weight excluding hydrogens is 306 g/mol. The number of carbonyl (C=O) groups is 2. The minimum Gasteiger partial charge on any atom is -0.383 e. The molecule has 2 aromatic rings. The normalized spacial score (nSPS) is 12.9. The fourth-order valence-corrected chi connectivity index (χ4v) is 2.33. The summed E-state index contributed by atoms with van der Waals surface area (Å²) in [5.41, 5.74) is 1.22. The molecule has 6 nitrogen and oxygen atoms in total. The molecule has 0 saturated carbocycles. The van der Waals surface area contributed by atoms with Crippen LogP contribution in [0.4, 0.5) is 0 Å². The molecule has 0 aliphatic rings. The van der Waals surface area contributed by atoms with Crippen LogP contribution in [0.15, 0.2) is 48.8 Å². The second kappa shape index (κ2) is 8.09. The Kier molecular flexibility index (Phi) is 5.88. The summed E-state index contributed by atoms with van der Waals surface area (Å²) < 4.78 is 6.82. The van der Waals surface area contributed by atoms with E-state index >= 15 is 0 Å². The van der Waals surface area contributed by atoms with Crippen molar-refractivity contribution in [2.45, 2.75) is 13.0 Å². The molecule has 24 heavy (non-hydrogen) atoms. The zero-order chi connectivity index (χ0) is 17.5. The summed E-state index contributed by atoms with van der Waals surface area (Å²) in [6.07, 6.45) is 3.78. The van der Waals surface area contributed by atoms with Crippen molar-refractivity contribution in [1.82, 2.24) is 9.88 Å². The van der Waals surface area contributed by atoms with Gasteiger partial charge in [-0.3, -0.25) is 9.59 Å². The lowest BCUT2D eigenvalue weighted by Crippen LogP contribution is -2.41. The Balaban J connectivity index is 2.11. The Hall–Kier alpha value is -2.91. The smallest absolute Gasteiger partial charge is 0.245 e. The van der Waals surface area contributed by atoms with Gasteiger partial charge in [-0.15, -0.1) is 0 Å². The Labute approximate surface area is 140 Å². The number of amides is 1. The van der Waals surface area contributed by atoms with Crippen molar-refractivity contribution in [2.24, 2.45) is 5.92 Å². The molecule has 2 atom stereocenters. The first kappa shape index (κ1) is 17.4. The lowest BCUT2D eigenvalue weighted by molar-refractivity contribution is -0.123. The minimum atomic E-state index is -1.37. The Morgan fingerprint density at radius 1 is 1.25 bits per heavy atom. The fraction of sp³-hybridized carbons (Fsp3) is 0.278. The highest BCUT2D eigenvalue weighted by molar-refractivity contribution is 6.12. The number of methoxy groups -OCH3 is 1. The van der Waals surface area contributed by atoms with Gasteiger partial charge in [-0.05, 0) is 43.3 Å². The molecule has 124 valence electrons. The number of nitriles is 1. The van der Waals surface area contributed by atoms with Gasteiger partial charge in [-0.25, -0.2) is 0 Å². The van der Waals surface area contributed by atoms with Crippen LogP contribution in [0, 0.1) is 17.2 Å². The Bertz CT molecular complexity index is 730.